The van der Waals surface area contributed by atoms with E-state index in [1.165, 1.54) is 0 Å². The molecule has 0 saturated heterocycles. The number of aliphatic hydroxyl groups excluding tert-OH is 1. The first-order valence-electron chi connectivity index (χ1n) is 7.19. The lowest BCUT2D eigenvalue weighted by Crippen LogP contribution is -2.15. The zero-order chi connectivity index (χ0) is 15.4. The van der Waals surface area contributed by atoms with Crippen LogP contribution in [-0.2, 0) is 13.2 Å². The Morgan fingerprint density at radius 3 is 2.73 bits per heavy atom. The second kappa shape index (κ2) is 6.49. The molecular formula is C17H17NO4. The fraction of sp³-hybridized carbons (Fsp3) is 0.235. The smallest absolute Gasteiger partial charge is 0.419 e. The molecule has 0 saturated carbocycles. The minimum atomic E-state index is -0.384. The summed E-state index contributed by atoms with van der Waals surface area (Å²) in [6, 6.07) is 14.8. The van der Waals surface area contributed by atoms with Crippen molar-refractivity contribution in [3.63, 3.8) is 0 Å². The van der Waals surface area contributed by atoms with Gasteiger partial charge in [0.25, 0.3) is 0 Å². The van der Waals surface area contributed by atoms with Crippen LogP contribution < -0.4 is 10.5 Å². The Bertz CT molecular complexity index is 804. The van der Waals surface area contributed by atoms with Gasteiger partial charge in [0.1, 0.15) is 5.75 Å². The van der Waals surface area contributed by atoms with Crippen molar-refractivity contribution >= 4 is 11.1 Å². The van der Waals surface area contributed by atoms with Gasteiger partial charge in [-0.2, -0.15) is 0 Å². The maximum atomic E-state index is 11.9. The Morgan fingerprint density at radius 1 is 1.14 bits per heavy atom. The minimum absolute atomic E-state index is 0.0737. The molecule has 2 aromatic carbocycles. The molecule has 5 heteroatoms. The van der Waals surface area contributed by atoms with Crippen molar-refractivity contribution in [2.75, 3.05) is 6.61 Å². The summed E-state index contributed by atoms with van der Waals surface area (Å²) in [4.78, 5) is 11.9. The molecule has 0 unspecified atom stereocenters. The molecule has 1 heterocycles. The molecule has 0 spiro atoms. The maximum absolute atomic E-state index is 11.9. The predicted octanol–water partition coefficient (Wildman–Crippen LogP) is 2.56. The van der Waals surface area contributed by atoms with E-state index in [0.717, 1.165) is 16.8 Å². The van der Waals surface area contributed by atoms with Crippen LogP contribution in [0.4, 0.5) is 0 Å². The van der Waals surface area contributed by atoms with Crippen molar-refractivity contribution in [2.24, 2.45) is 0 Å². The summed E-state index contributed by atoms with van der Waals surface area (Å²) >= 11 is 0. The monoisotopic (exact) mass is 299 g/mol. The molecular weight excluding hydrogens is 282 g/mol. The second-order valence-corrected chi connectivity index (χ2v) is 4.99. The average Bonchev–Trinajstić information content (AvgIpc) is 2.87. The summed E-state index contributed by atoms with van der Waals surface area (Å²) in [6.45, 7) is 0.977. The van der Waals surface area contributed by atoms with Gasteiger partial charge in [-0.1, -0.05) is 24.3 Å². The number of hydrogen-bond acceptors (Lipinski definition) is 4. The van der Waals surface area contributed by atoms with E-state index in [1.807, 2.05) is 30.3 Å². The van der Waals surface area contributed by atoms with E-state index in [0.29, 0.717) is 25.2 Å². The number of fused-ring (bicyclic) bond motifs is 1. The van der Waals surface area contributed by atoms with E-state index < -0.39 is 0 Å². The van der Waals surface area contributed by atoms with E-state index in [-0.39, 0.29) is 12.4 Å². The SMILES string of the molecule is O=c1oc2cc(CO)ccc2n1CCCOc1ccccc1. The van der Waals surface area contributed by atoms with Gasteiger partial charge in [-0.15, -0.1) is 0 Å². The first kappa shape index (κ1) is 14.4. The van der Waals surface area contributed by atoms with Crippen molar-refractivity contribution in [1.29, 1.82) is 0 Å². The first-order chi connectivity index (χ1) is 10.8. The van der Waals surface area contributed by atoms with Crippen LogP contribution in [-0.4, -0.2) is 16.3 Å². The summed E-state index contributed by atoms with van der Waals surface area (Å²) in [5.74, 6) is 0.435. The average molecular weight is 299 g/mol. The normalized spacial score (nSPS) is 11.0. The van der Waals surface area contributed by atoms with Gasteiger partial charge in [0.05, 0.1) is 18.7 Å². The molecule has 0 atom stereocenters. The number of rotatable bonds is 6. The molecule has 5 nitrogen and oxygen atoms in total. The summed E-state index contributed by atoms with van der Waals surface area (Å²) in [5, 5.41) is 9.11. The van der Waals surface area contributed by atoms with Crippen LogP contribution in [0, 0.1) is 0 Å². The number of hydrogen-bond donors (Lipinski definition) is 1. The molecule has 0 aliphatic carbocycles. The van der Waals surface area contributed by atoms with Crippen LogP contribution in [0.25, 0.3) is 11.1 Å². The topological polar surface area (TPSA) is 64.6 Å². The highest BCUT2D eigenvalue weighted by atomic mass is 16.5. The van der Waals surface area contributed by atoms with Crippen molar-refractivity contribution in [1.82, 2.24) is 4.57 Å². The standard InChI is InChI=1S/C17H17NO4/c19-12-13-7-8-15-16(11-13)22-17(20)18(15)9-4-10-21-14-5-2-1-3-6-14/h1-3,5-8,11,19H,4,9-10,12H2. The number of oxazole rings is 1. The van der Waals surface area contributed by atoms with Crippen molar-refractivity contribution < 1.29 is 14.3 Å². The zero-order valence-electron chi connectivity index (χ0n) is 12.1. The lowest BCUT2D eigenvalue weighted by Gasteiger charge is -2.06. The maximum Gasteiger partial charge on any atom is 0.419 e. The minimum Gasteiger partial charge on any atom is -0.494 e. The highest BCUT2D eigenvalue weighted by Crippen LogP contribution is 2.16. The fourth-order valence-corrected chi connectivity index (χ4v) is 2.35. The summed E-state index contributed by atoms with van der Waals surface area (Å²) < 4.78 is 12.4. The number of aryl methyl sites for hydroxylation is 1. The van der Waals surface area contributed by atoms with Gasteiger partial charge >= 0.3 is 5.76 Å². The largest absolute Gasteiger partial charge is 0.494 e. The van der Waals surface area contributed by atoms with Gasteiger partial charge in [-0.3, -0.25) is 4.57 Å². The number of ether oxygens (including phenoxy) is 1. The molecule has 0 fully saturated rings. The van der Waals surface area contributed by atoms with E-state index in [2.05, 4.69) is 0 Å². The summed E-state index contributed by atoms with van der Waals surface area (Å²) in [6.07, 6.45) is 0.700. The fourth-order valence-electron chi connectivity index (χ4n) is 2.35. The number of para-hydroxylation sites is 1. The van der Waals surface area contributed by atoms with Gasteiger partial charge in [-0.05, 0) is 36.2 Å². The van der Waals surface area contributed by atoms with Gasteiger partial charge in [0.2, 0.25) is 0 Å². The van der Waals surface area contributed by atoms with Crippen molar-refractivity contribution in [3.8, 4) is 5.75 Å². The van der Waals surface area contributed by atoms with Crippen LogP contribution in [0.3, 0.4) is 0 Å². The molecule has 1 aromatic heterocycles. The molecule has 1 N–H and O–H groups in total. The third-order valence-electron chi connectivity index (χ3n) is 3.45. The third kappa shape index (κ3) is 3.04. The van der Waals surface area contributed by atoms with Crippen LogP contribution in [0.5, 0.6) is 5.75 Å². The van der Waals surface area contributed by atoms with Crippen molar-refractivity contribution in [3.05, 3.63) is 64.6 Å². The summed E-state index contributed by atoms with van der Waals surface area (Å²) in [5.41, 5.74) is 1.96. The molecule has 0 aliphatic heterocycles. The van der Waals surface area contributed by atoms with Crippen LogP contribution >= 0.6 is 0 Å². The zero-order valence-corrected chi connectivity index (χ0v) is 12.1. The Labute approximate surface area is 127 Å². The molecule has 114 valence electrons. The molecule has 0 bridgehead atoms. The Balaban J connectivity index is 1.66. The second-order valence-electron chi connectivity index (χ2n) is 4.99. The molecule has 0 aliphatic rings. The van der Waals surface area contributed by atoms with Gasteiger partial charge in [-0.25, -0.2) is 4.79 Å². The molecule has 3 rings (SSSR count). The van der Waals surface area contributed by atoms with Crippen molar-refractivity contribution in [2.45, 2.75) is 19.6 Å². The van der Waals surface area contributed by atoms with Gasteiger partial charge in [0.15, 0.2) is 5.58 Å². The van der Waals surface area contributed by atoms with Gasteiger partial charge < -0.3 is 14.3 Å². The number of aliphatic hydroxyl groups is 1. The number of aromatic nitrogens is 1. The van der Waals surface area contributed by atoms with E-state index in [4.69, 9.17) is 14.3 Å². The van der Waals surface area contributed by atoms with Gasteiger partial charge in [0, 0.05) is 6.54 Å². The number of benzene rings is 2. The quantitative estimate of drug-likeness (QED) is 0.710. The Kier molecular flexibility index (Phi) is 4.25. The molecule has 0 radical (unpaired) electrons. The molecule has 0 amide bonds. The van der Waals surface area contributed by atoms with E-state index in [9.17, 15) is 4.79 Å². The first-order valence-corrected chi connectivity index (χ1v) is 7.19. The lowest BCUT2D eigenvalue weighted by molar-refractivity contribution is 0.282. The molecule has 3 aromatic rings. The Morgan fingerprint density at radius 2 is 1.95 bits per heavy atom. The third-order valence-corrected chi connectivity index (χ3v) is 3.45. The number of nitrogens with zero attached hydrogens (tertiary/aromatic N) is 1. The van der Waals surface area contributed by atoms with Crippen LogP contribution in [0.2, 0.25) is 0 Å². The van der Waals surface area contributed by atoms with E-state index >= 15 is 0 Å². The predicted molar refractivity (Wildman–Crippen MR) is 83.0 cm³/mol. The van der Waals surface area contributed by atoms with E-state index in [1.54, 1.807) is 22.8 Å². The highest BCUT2D eigenvalue weighted by molar-refractivity contribution is 5.73. The van der Waals surface area contributed by atoms with Crippen LogP contribution in [0.1, 0.15) is 12.0 Å². The Hall–Kier alpha value is -2.53. The molecule has 22 heavy (non-hydrogen) atoms. The highest BCUT2D eigenvalue weighted by Gasteiger charge is 2.09. The van der Waals surface area contributed by atoms with Crippen LogP contribution in [0.15, 0.2) is 57.7 Å². The summed E-state index contributed by atoms with van der Waals surface area (Å²) in [7, 11) is 0. The lowest BCUT2D eigenvalue weighted by atomic mass is 10.2.